The van der Waals surface area contributed by atoms with Crippen molar-refractivity contribution in [1.82, 2.24) is 0 Å². The third-order valence-electron chi connectivity index (χ3n) is 2.90. The Hall–Kier alpha value is -1.47. The fourth-order valence-electron chi connectivity index (χ4n) is 1.84. The molecule has 0 bridgehead atoms. The molecule has 0 fully saturated rings. The predicted octanol–water partition coefficient (Wildman–Crippen LogP) is 4.08. The molecule has 2 rings (SSSR count). The lowest BCUT2D eigenvalue weighted by Crippen LogP contribution is -2.18. The van der Waals surface area contributed by atoms with E-state index in [-0.39, 0.29) is 6.42 Å². The topological polar surface area (TPSA) is 26.0 Å². The van der Waals surface area contributed by atoms with E-state index in [9.17, 15) is 22.0 Å². The van der Waals surface area contributed by atoms with Gasteiger partial charge in [0.1, 0.15) is 0 Å². The summed E-state index contributed by atoms with van der Waals surface area (Å²) in [7, 11) is 0. The molecule has 1 aromatic carbocycles. The lowest BCUT2D eigenvalue weighted by molar-refractivity contribution is 0.362. The van der Waals surface area contributed by atoms with Crippen molar-refractivity contribution < 1.29 is 22.0 Å². The van der Waals surface area contributed by atoms with Gasteiger partial charge in [-0.15, -0.1) is 11.3 Å². The zero-order valence-corrected chi connectivity index (χ0v) is 10.9. The average molecular weight is 307 g/mol. The van der Waals surface area contributed by atoms with Gasteiger partial charge in [-0.1, -0.05) is 6.07 Å². The molecule has 20 heavy (non-hydrogen) atoms. The van der Waals surface area contributed by atoms with Crippen molar-refractivity contribution in [3.63, 3.8) is 0 Å². The number of benzene rings is 1. The SMILES string of the molecule is NC(CCc1cccs1)c1c(F)c(F)c(F)c(F)c1F. The summed E-state index contributed by atoms with van der Waals surface area (Å²) in [6, 6.07) is 2.33. The largest absolute Gasteiger partial charge is 0.324 e. The van der Waals surface area contributed by atoms with Crippen LogP contribution in [0.5, 0.6) is 0 Å². The van der Waals surface area contributed by atoms with Gasteiger partial charge in [0.25, 0.3) is 0 Å². The van der Waals surface area contributed by atoms with Crippen molar-refractivity contribution in [2.24, 2.45) is 5.73 Å². The normalized spacial score (nSPS) is 12.7. The Kier molecular flexibility index (Phi) is 4.39. The summed E-state index contributed by atoms with van der Waals surface area (Å²) in [6.07, 6.45) is 0.483. The molecule has 0 aliphatic heterocycles. The molecule has 108 valence electrons. The van der Waals surface area contributed by atoms with E-state index in [1.807, 2.05) is 5.38 Å². The Labute approximate surface area is 115 Å². The van der Waals surface area contributed by atoms with E-state index in [0.29, 0.717) is 6.42 Å². The highest BCUT2D eigenvalue weighted by Crippen LogP contribution is 2.29. The van der Waals surface area contributed by atoms with Crippen molar-refractivity contribution in [2.75, 3.05) is 0 Å². The molecule has 0 aliphatic rings. The molecular weight excluding hydrogens is 297 g/mol. The highest BCUT2D eigenvalue weighted by atomic mass is 32.1. The third kappa shape index (κ3) is 2.69. The molecule has 1 heterocycles. The smallest absolute Gasteiger partial charge is 0.200 e. The summed E-state index contributed by atoms with van der Waals surface area (Å²) in [5, 5.41) is 1.82. The minimum absolute atomic E-state index is 0.0822. The molecule has 2 aromatic rings. The fourth-order valence-corrected chi connectivity index (χ4v) is 2.57. The molecule has 1 aromatic heterocycles. The molecule has 2 N–H and O–H groups in total. The average Bonchev–Trinajstić information content (AvgIpc) is 2.94. The van der Waals surface area contributed by atoms with Crippen molar-refractivity contribution in [1.29, 1.82) is 0 Å². The number of hydrogen-bond acceptors (Lipinski definition) is 2. The molecule has 0 spiro atoms. The molecular formula is C13H10F5NS. The molecule has 1 atom stereocenters. The minimum Gasteiger partial charge on any atom is -0.324 e. The summed E-state index contributed by atoms with van der Waals surface area (Å²) in [6.45, 7) is 0. The minimum atomic E-state index is -2.17. The quantitative estimate of drug-likeness (QED) is 0.514. The lowest BCUT2D eigenvalue weighted by Gasteiger charge is -2.14. The number of nitrogens with two attached hydrogens (primary N) is 1. The third-order valence-corrected chi connectivity index (χ3v) is 3.83. The first-order chi connectivity index (χ1) is 9.43. The summed E-state index contributed by atoms with van der Waals surface area (Å²) in [5.41, 5.74) is 4.61. The van der Waals surface area contributed by atoms with Crippen LogP contribution in [0.1, 0.15) is 22.9 Å². The first-order valence-corrected chi connectivity index (χ1v) is 6.60. The van der Waals surface area contributed by atoms with Gasteiger partial charge >= 0.3 is 0 Å². The van der Waals surface area contributed by atoms with Crippen molar-refractivity contribution >= 4 is 11.3 Å². The van der Waals surface area contributed by atoms with Crippen LogP contribution in [-0.2, 0) is 6.42 Å². The molecule has 0 saturated carbocycles. The molecule has 0 amide bonds. The van der Waals surface area contributed by atoms with Crippen LogP contribution in [0.3, 0.4) is 0 Å². The first kappa shape index (κ1) is 14.9. The molecule has 0 saturated heterocycles. The van der Waals surface area contributed by atoms with Gasteiger partial charge in [0.05, 0.1) is 0 Å². The Balaban J connectivity index is 2.27. The van der Waals surface area contributed by atoms with E-state index in [1.54, 1.807) is 12.1 Å². The monoisotopic (exact) mass is 307 g/mol. The number of halogens is 5. The van der Waals surface area contributed by atoms with E-state index < -0.39 is 40.7 Å². The molecule has 1 nitrogen and oxygen atoms in total. The van der Waals surface area contributed by atoms with Crippen LogP contribution in [0.4, 0.5) is 22.0 Å². The van der Waals surface area contributed by atoms with Gasteiger partial charge in [0.2, 0.25) is 5.82 Å². The van der Waals surface area contributed by atoms with Crippen molar-refractivity contribution in [3.05, 3.63) is 57.0 Å². The van der Waals surface area contributed by atoms with Crippen LogP contribution in [0, 0.1) is 29.1 Å². The van der Waals surface area contributed by atoms with Gasteiger partial charge in [0.15, 0.2) is 23.3 Å². The number of hydrogen-bond donors (Lipinski definition) is 1. The van der Waals surface area contributed by atoms with Crippen LogP contribution in [0.15, 0.2) is 17.5 Å². The van der Waals surface area contributed by atoms with E-state index in [4.69, 9.17) is 5.73 Å². The maximum atomic E-state index is 13.5. The Morgan fingerprint density at radius 1 is 0.950 bits per heavy atom. The number of rotatable bonds is 4. The van der Waals surface area contributed by atoms with Gasteiger partial charge in [-0.3, -0.25) is 0 Å². The highest BCUT2D eigenvalue weighted by Gasteiger charge is 2.28. The second-order valence-electron chi connectivity index (χ2n) is 4.21. The predicted molar refractivity (Wildman–Crippen MR) is 65.8 cm³/mol. The fraction of sp³-hybridized carbons (Fsp3) is 0.231. The number of thiophene rings is 1. The second-order valence-corrected chi connectivity index (χ2v) is 5.24. The molecule has 0 aliphatic carbocycles. The zero-order chi connectivity index (χ0) is 14.9. The van der Waals surface area contributed by atoms with Crippen LogP contribution in [0.25, 0.3) is 0 Å². The second kappa shape index (κ2) is 5.88. The summed E-state index contributed by atoms with van der Waals surface area (Å²) in [4.78, 5) is 0.921. The van der Waals surface area contributed by atoms with Gasteiger partial charge in [0, 0.05) is 16.5 Å². The highest BCUT2D eigenvalue weighted by molar-refractivity contribution is 7.09. The van der Waals surface area contributed by atoms with Gasteiger partial charge in [-0.2, -0.15) is 0 Å². The summed E-state index contributed by atoms with van der Waals surface area (Å²) >= 11 is 1.43. The maximum Gasteiger partial charge on any atom is 0.200 e. The zero-order valence-electron chi connectivity index (χ0n) is 10.1. The van der Waals surface area contributed by atoms with Crippen LogP contribution < -0.4 is 5.73 Å². The number of aryl methyl sites for hydroxylation is 1. The van der Waals surface area contributed by atoms with E-state index in [0.717, 1.165) is 4.88 Å². The first-order valence-electron chi connectivity index (χ1n) is 5.72. The van der Waals surface area contributed by atoms with Gasteiger partial charge < -0.3 is 5.73 Å². The van der Waals surface area contributed by atoms with Crippen LogP contribution >= 0.6 is 11.3 Å². The Morgan fingerprint density at radius 2 is 1.50 bits per heavy atom. The van der Waals surface area contributed by atoms with Crippen molar-refractivity contribution in [2.45, 2.75) is 18.9 Å². The lowest BCUT2D eigenvalue weighted by atomic mass is 10.0. The molecule has 1 unspecified atom stereocenters. The van der Waals surface area contributed by atoms with Crippen LogP contribution in [-0.4, -0.2) is 0 Å². The Morgan fingerprint density at radius 3 is 2.00 bits per heavy atom. The van der Waals surface area contributed by atoms with E-state index >= 15 is 0 Å². The molecule has 7 heteroatoms. The van der Waals surface area contributed by atoms with Crippen LogP contribution in [0.2, 0.25) is 0 Å². The van der Waals surface area contributed by atoms with E-state index in [1.165, 1.54) is 11.3 Å². The van der Waals surface area contributed by atoms with Crippen molar-refractivity contribution in [3.8, 4) is 0 Å². The van der Waals surface area contributed by atoms with E-state index in [2.05, 4.69) is 0 Å². The standard InChI is InChI=1S/C13H10F5NS/c14-9-8(10(15)12(17)13(18)11(9)16)7(19)4-3-6-2-1-5-20-6/h1-2,5,7H,3-4,19H2. The summed E-state index contributed by atoms with van der Waals surface area (Å²) in [5.74, 6) is -9.83. The summed E-state index contributed by atoms with van der Waals surface area (Å²) < 4.78 is 66.1. The Bertz CT molecular complexity index is 583. The maximum absolute atomic E-state index is 13.5. The molecule has 0 radical (unpaired) electrons. The van der Waals surface area contributed by atoms with Gasteiger partial charge in [-0.05, 0) is 24.3 Å². The van der Waals surface area contributed by atoms with Gasteiger partial charge in [-0.25, -0.2) is 22.0 Å².